The van der Waals surface area contributed by atoms with E-state index in [0.717, 1.165) is 30.7 Å². The Labute approximate surface area is 134 Å². The minimum Gasteiger partial charge on any atom is -0.275 e. The van der Waals surface area contributed by atoms with Gasteiger partial charge in [-0.3, -0.25) is 14.8 Å². The molecule has 0 fully saturated rings. The van der Waals surface area contributed by atoms with Gasteiger partial charge in [-0.05, 0) is 32.6 Å². The van der Waals surface area contributed by atoms with Gasteiger partial charge in [-0.25, -0.2) is 16.5 Å². The quantitative estimate of drug-likeness (QED) is 0.160. The van der Waals surface area contributed by atoms with Crippen LogP contribution in [0.25, 0.3) is 0 Å². The van der Waals surface area contributed by atoms with Crippen molar-refractivity contribution < 1.29 is 9.18 Å². The highest BCUT2D eigenvalue weighted by molar-refractivity contribution is 5.72. The molecule has 0 heterocycles. The van der Waals surface area contributed by atoms with Crippen molar-refractivity contribution in [2.24, 2.45) is 11.7 Å². The lowest BCUT2D eigenvalue weighted by molar-refractivity contribution is 0.198. The summed E-state index contributed by atoms with van der Waals surface area (Å²) in [6, 6.07) is -0.451. The number of nitrogens with one attached hydrogen (secondary N) is 1. The zero-order valence-corrected chi connectivity index (χ0v) is 14.0. The highest BCUT2D eigenvalue weighted by Crippen LogP contribution is 2.15. The Balaban J connectivity index is 3.32. The van der Waals surface area contributed by atoms with Crippen molar-refractivity contribution in [2.45, 2.75) is 71.1 Å². The molecule has 0 aromatic rings. The molecule has 0 unspecified atom stereocenters. The molecule has 0 aromatic heterocycles. The molecule has 5 N–H and O–H groups in total. The molecule has 0 spiro atoms. The molecule has 130 valence electrons. The first-order chi connectivity index (χ1) is 10.7. The van der Waals surface area contributed by atoms with Gasteiger partial charge in [0.2, 0.25) is 0 Å². The van der Waals surface area contributed by atoms with E-state index in [2.05, 4.69) is 0 Å². The third-order valence-electron chi connectivity index (χ3n) is 3.86. The molecule has 0 aliphatic heterocycles. The van der Waals surface area contributed by atoms with Gasteiger partial charge in [0.05, 0.1) is 6.67 Å². The van der Waals surface area contributed by atoms with Crippen LogP contribution in [-0.4, -0.2) is 24.3 Å². The van der Waals surface area contributed by atoms with Crippen molar-refractivity contribution in [2.75, 3.05) is 13.2 Å². The third kappa shape index (κ3) is 11.5. The van der Waals surface area contributed by atoms with E-state index in [9.17, 15) is 9.18 Å². The number of nitrogens with two attached hydrogens (primary N) is 2. The highest BCUT2D eigenvalue weighted by Gasteiger charge is 2.05. The van der Waals surface area contributed by atoms with Crippen molar-refractivity contribution in [3.8, 4) is 0 Å². The summed E-state index contributed by atoms with van der Waals surface area (Å²) in [5.74, 6) is 10.5. The van der Waals surface area contributed by atoms with Crippen LogP contribution in [0.2, 0.25) is 0 Å². The molecule has 0 aliphatic carbocycles. The molecule has 0 bridgehead atoms. The predicted octanol–water partition coefficient (Wildman–Crippen LogP) is 3.56. The van der Waals surface area contributed by atoms with Crippen molar-refractivity contribution in [3.05, 3.63) is 11.6 Å². The molecule has 6 heteroatoms. The number of carbonyl (C=O) groups excluding carboxylic acids is 1. The molecule has 0 aliphatic rings. The number of amides is 2. The fourth-order valence-corrected chi connectivity index (χ4v) is 2.41. The van der Waals surface area contributed by atoms with E-state index in [1.807, 2.05) is 18.4 Å². The van der Waals surface area contributed by atoms with Gasteiger partial charge in [0.15, 0.2) is 0 Å². The van der Waals surface area contributed by atoms with Gasteiger partial charge in [-0.1, -0.05) is 50.2 Å². The number of urea groups is 1. The fourth-order valence-electron chi connectivity index (χ4n) is 2.41. The zero-order valence-electron chi connectivity index (χ0n) is 14.0. The van der Waals surface area contributed by atoms with Crippen LogP contribution >= 0.6 is 0 Å². The molecule has 0 saturated carbocycles. The lowest BCUT2D eigenvalue weighted by Crippen LogP contribution is -2.47. The van der Waals surface area contributed by atoms with Crippen LogP contribution in [0.4, 0.5) is 9.18 Å². The average Bonchev–Trinajstić information content (AvgIpc) is 2.54. The standard InChI is InChI=1S/C16H33FN4O/c1-2-15(12-13-17)11-9-7-5-3-4-6-8-10-14-21(19)16(22)20-18/h2H,3-14,18-19H2,1H3,(H,20,22)/b15-2-. The van der Waals surface area contributed by atoms with Crippen molar-refractivity contribution >= 4 is 6.03 Å². The zero-order chi connectivity index (χ0) is 16.6. The van der Waals surface area contributed by atoms with E-state index in [1.54, 1.807) is 0 Å². The molecular formula is C16H33FN4O. The summed E-state index contributed by atoms with van der Waals surface area (Å²) in [6.07, 6.45) is 12.9. The lowest BCUT2D eigenvalue weighted by Gasteiger charge is -2.15. The predicted molar refractivity (Wildman–Crippen MR) is 89.5 cm³/mol. The monoisotopic (exact) mass is 316 g/mol. The summed E-state index contributed by atoms with van der Waals surface area (Å²) >= 11 is 0. The number of nitrogens with zero attached hydrogens (tertiary/aromatic N) is 1. The number of hydrogen-bond donors (Lipinski definition) is 3. The second-order valence-corrected chi connectivity index (χ2v) is 5.61. The minimum absolute atomic E-state index is 0.243. The van der Waals surface area contributed by atoms with Gasteiger partial charge in [0.25, 0.3) is 0 Å². The average molecular weight is 316 g/mol. The van der Waals surface area contributed by atoms with Gasteiger partial charge in [0.1, 0.15) is 0 Å². The van der Waals surface area contributed by atoms with Crippen LogP contribution in [0.5, 0.6) is 0 Å². The number of hydrogen-bond acceptors (Lipinski definition) is 3. The molecule has 5 nitrogen and oxygen atoms in total. The first kappa shape index (κ1) is 20.9. The number of unbranched alkanes of at least 4 members (excludes halogenated alkanes) is 7. The van der Waals surface area contributed by atoms with Gasteiger partial charge in [-0.2, -0.15) is 0 Å². The van der Waals surface area contributed by atoms with E-state index < -0.39 is 6.03 Å². The molecule has 0 rings (SSSR count). The van der Waals surface area contributed by atoms with E-state index in [4.69, 9.17) is 11.7 Å². The van der Waals surface area contributed by atoms with Crippen molar-refractivity contribution in [1.29, 1.82) is 0 Å². The maximum absolute atomic E-state index is 12.2. The Morgan fingerprint density at radius 1 is 1.05 bits per heavy atom. The number of rotatable bonds is 13. The summed E-state index contributed by atoms with van der Waals surface area (Å²) in [6.45, 7) is 2.28. The molecular weight excluding hydrogens is 283 g/mol. The second kappa shape index (κ2) is 14.8. The first-order valence-corrected chi connectivity index (χ1v) is 8.38. The Bertz CT molecular complexity index is 311. The third-order valence-corrected chi connectivity index (χ3v) is 3.86. The van der Waals surface area contributed by atoms with Crippen LogP contribution in [0.3, 0.4) is 0 Å². The van der Waals surface area contributed by atoms with Gasteiger partial charge >= 0.3 is 6.03 Å². The normalized spacial score (nSPS) is 11.5. The lowest BCUT2D eigenvalue weighted by atomic mass is 10.0. The SMILES string of the molecule is C/C=C(\CCF)CCCCCCCCCCN(N)C(=O)NN. The first-order valence-electron chi connectivity index (χ1n) is 8.38. The van der Waals surface area contributed by atoms with Gasteiger partial charge in [-0.15, -0.1) is 0 Å². The molecule has 0 saturated heterocycles. The Morgan fingerprint density at radius 3 is 2.09 bits per heavy atom. The van der Waals surface area contributed by atoms with Crippen LogP contribution in [0.1, 0.15) is 71.1 Å². The Hall–Kier alpha value is -1.14. The smallest absolute Gasteiger partial charge is 0.275 e. The molecule has 0 aromatic carbocycles. The molecule has 0 atom stereocenters. The van der Waals surface area contributed by atoms with Crippen LogP contribution in [0.15, 0.2) is 11.6 Å². The summed E-state index contributed by atoms with van der Waals surface area (Å²) in [4.78, 5) is 11.0. The maximum Gasteiger partial charge on any atom is 0.345 e. The van der Waals surface area contributed by atoms with E-state index >= 15 is 0 Å². The number of halogens is 1. The molecule has 0 radical (unpaired) electrons. The molecule has 2 amide bonds. The van der Waals surface area contributed by atoms with Crippen LogP contribution < -0.4 is 17.1 Å². The number of allylic oxidation sites excluding steroid dienone is 2. The van der Waals surface area contributed by atoms with Crippen LogP contribution in [-0.2, 0) is 0 Å². The number of carbonyl (C=O) groups is 1. The van der Waals surface area contributed by atoms with Gasteiger partial charge < -0.3 is 0 Å². The Morgan fingerprint density at radius 2 is 1.59 bits per heavy atom. The Kier molecular flexibility index (Phi) is 14.0. The van der Waals surface area contributed by atoms with E-state index in [-0.39, 0.29) is 6.67 Å². The van der Waals surface area contributed by atoms with Crippen molar-refractivity contribution in [1.82, 2.24) is 10.4 Å². The highest BCUT2D eigenvalue weighted by atomic mass is 19.1. The molecule has 22 heavy (non-hydrogen) atoms. The number of hydrazine groups is 2. The van der Waals surface area contributed by atoms with Crippen molar-refractivity contribution in [3.63, 3.8) is 0 Å². The summed E-state index contributed by atoms with van der Waals surface area (Å²) in [5, 5.41) is 1.11. The topological polar surface area (TPSA) is 84.4 Å². The summed E-state index contributed by atoms with van der Waals surface area (Å²) in [5.41, 5.74) is 3.25. The minimum atomic E-state index is -0.451. The van der Waals surface area contributed by atoms with E-state index in [1.165, 1.54) is 37.7 Å². The number of alkyl halides is 1. The van der Waals surface area contributed by atoms with Gasteiger partial charge in [0, 0.05) is 6.54 Å². The fraction of sp³-hybridized carbons (Fsp3) is 0.812. The van der Waals surface area contributed by atoms with Crippen LogP contribution in [0, 0.1) is 0 Å². The second-order valence-electron chi connectivity index (χ2n) is 5.61. The van der Waals surface area contributed by atoms with E-state index in [0.29, 0.717) is 13.0 Å². The largest absolute Gasteiger partial charge is 0.345 e. The summed E-state index contributed by atoms with van der Waals surface area (Å²) < 4.78 is 12.2. The summed E-state index contributed by atoms with van der Waals surface area (Å²) in [7, 11) is 0. The maximum atomic E-state index is 12.2.